The Morgan fingerprint density at radius 3 is 1.25 bits per heavy atom. The van der Waals surface area contributed by atoms with E-state index >= 15 is 0 Å². The molecule has 0 saturated carbocycles. The second kappa shape index (κ2) is 19.6. The highest BCUT2D eigenvalue weighted by atomic mass is 16.4. The Hall–Kier alpha value is -0.950. The standard InChI is InChI=1S/C4H6O2.C4H10O2.C2H6O2/c1-3(2)4(5)6;5-3-1-2-4-6;3-1-2-4/h1H2,2H3,(H,5,6);5-6H,1-4H2;3-4H,1-2H2. The molecule has 0 heterocycles. The summed E-state index contributed by atoms with van der Waals surface area (Å²) in [5.41, 5.74) is 0.176. The molecule has 0 spiro atoms. The first-order valence-corrected chi connectivity index (χ1v) is 4.80. The zero-order valence-corrected chi connectivity index (χ0v) is 9.59. The quantitative estimate of drug-likeness (QED) is 0.321. The van der Waals surface area contributed by atoms with Crippen molar-refractivity contribution in [3.05, 3.63) is 12.2 Å². The van der Waals surface area contributed by atoms with Crippen LogP contribution in [0.25, 0.3) is 0 Å². The molecule has 0 radical (unpaired) electrons. The van der Waals surface area contributed by atoms with Gasteiger partial charge in [0.05, 0.1) is 13.2 Å². The SMILES string of the molecule is C=C(C)C(=O)O.OCCCCO.OCCO. The summed E-state index contributed by atoms with van der Waals surface area (Å²) in [6.07, 6.45) is 1.44. The zero-order chi connectivity index (χ0) is 13.4. The van der Waals surface area contributed by atoms with Crippen LogP contribution in [0.1, 0.15) is 19.8 Å². The van der Waals surface area contributed by atoms with Gasteiger partial charge >= 0.3 is 5.97 Å². The minimum Gasteiger partial charge on any atom is -0.478 e. The molecule has 0 aliphatic rings. The highest BCUT2D eigenvalue weighted by molar-refractivity contribution is 5.84. The molecule has 0 fully saturated rings. The normalized spacial score (nSPS) is 8.06. The molecule has 0 aromatic carbocycles. The molecule has 0 aromatic rings. The molecule has 0 amide bonds. The van der Waals surface area contributed by atoms with E-state index in [2.05, 4.69) is 6.58 Å². The van der Waals surface area contributed by atoms with Crippen molar-refractivity contribution in [2.75, 3.05) is 26.4 Å². The molecule has 6 nitrogen and oxygen atoms in total. The van der Waals surface area contributed by atoms with E-state index in [9.17, 15) is 4.79 Å². The van der Waals surface area contributed by atoms with E-state index in [-0.39, 0.29) is 32.0 Å². The van der Waals surface area contributed by atoms with E-state index in [1.807, 2.05) is 0 Å². The third-order valence-electron chi connectivity index (χ3n) is 1.03. The molecule has 5 N–H and O–H groups in total. The number of hydrogen-bond donors (Lipinski definition) is 5. The lowest BCUT2D eigenvalue weighted by Gasteiger charge is -1.85. The van der Waals surface area contributed by atoms with Gasteiger partial charge in [0, 0.05) is 18.8 Å². The van der Waals surface area contributed by atoms with Gasteiger partial charge < -0.3 is 25.5 Å². The summed E-state index contributed by atoms with van der Waals surface area (Å²) in [6, 6.07) is 0. The number of hydrogen-bond acceptors (Lipinski definition) is 5. The van der Waals surface area contributed by atoms with Crippen molar-refractivity contribution in [1.82, 2.24) is 0 Å². The van der Waals surface area contributed by atoms with Gasteiger partial charge in [0.15, 0.2) is 0 Å². The number of aliphatic hydroxyl groups is 4. The Morgan fingerprint density at radius 1 is 0.938 bits per heavy atom. The van der Waals surface area contributed by atoms with E-state index in [4.69, 9.17) is 25.5 Å². The van der Waals surface area contributed by atoms with Crippen LogP contribution in [-0.4, -0.2) is 57.9 Å². The lowest BCUT2D eigenvalue weighted by molar-refractivity contribution is -0.132. The highest BCUT2D eigenvalue weighted by Crippen LogP contribution is 1.81. The molecule has 6 heteroatoms. The van der Waals surface area contributed by atoms with Crippen molar-refractivity contribution >= 4 is 5.97 Å². The summed E-state index contributed by atoms with van der Waals surface area (Å²) >= 11 is 0. The van der Waals surface area contributed by atoms with Crippen LogP contribution >= 0.6 is 0 Å². The predicted octanol–water partition coefficient (Wildman–Crippen LogP) is -0.631. The van der Waals surface area contributed by atoms with E-state index in [0.717, 1.165) is 12.8 Å². The maximum Gasteiger partial charge on any atom is 0.330 e. The van der Waals surface area contributed by atoms with Crippen LogP contribution in [0, 0.1) is 0 Å². The minimum absolute atomic E-state index is 0.125. The van der Waals surface area contributed by atoms with Gasteiger partial charge in [-0.3, -0.25) is 0 Å². The van der Waals surface area contributed by atoms with Crippen molar-refractivity contribution < 1.29 is 30.3 Å². The predicted molar refractivity (Wildman–Crippen MR) is 60.0 cm³/mol. The third kappa shape index (κ3) is 38.1. The highest BCUT2D eigenvalue weighted by Gasteiger charge is 1.90. The Labute approximate surface area is 95.5 Å². The molecule has 0 saturated heterocycles. The summed E-state index contributed by atoms with van der Waals surface area (Å²) in [5.74, 6) is -0.935. The maximum atomic E-state index is 9.60. The number of aliphatic hydroxyl groups excluding tert-OH is 4. The topological polar surface area (TPSA) is 118 Å². The molecule has 0 rings (SSSR count). The van der Waals surface area contributed by atoms with Gasteiger partial charge in [-0.25, -0.2) is 4.79 Å². The van der Waals surface area contributed by atoms with Gasteiger partial charge in [0.25, 0.3) is 0 Å². The number of aliphatic carboxylic acids is 1. The fourth-order valence-corrected chi connectivity index (χ4v) is 0.224. The van der Waals surface area contributed by atoms with Crippen LogP contribution in [0.15, 0.2) is 12.2 Å². The van der Waals surface area contributed by atoms with E-state index < -0.39 is 5.97 Å². The fourth-order valence-electron chi connectivity index (χ4n) is 0.224. The van der Waals surface area contributed by atoms with Crippen molar-refractivity contribution in [1.29, 1.82) is 0 Å². The average Bonchev–Trinajstić information content (AvgIpc) is 2.27. The van der Waals surface area contributed by atoms with Gasteiger partial charge in [-0.15, -0.1) is 0 Å². The molecular formula is C10H22O6. The van der Waals surface area contributed by atoms with Crippen molar-refractivity contribution in [2.24, 2.45) is 0 Å². The first-order valence-electron chi connectivity index (χ1n) is 4.80. The van der Waals surface area contributed by atoms with E-state index in [1.54, 1.807) is 0 Å². The Bertz CT molecular complexity index is 139. The zero-order valence-electron chi connectivity index (χ0n) is 9.59. The summed E-state index contributed by atoms with van der Waals surface area (Å²) < 4.78 is 0. The van der Waals surface area contributed by atoms with Crippen LogP contribution in [0.5, 0.6) is 0 Å². The molecular weight excluding hydrogens is 216 g/mol. The average molecular weight is 238 g/mol. The maximum absolute atomic E-state index is 9.60. The van der Waals surface area contributed by atoms with Crippen LogP contribution in [0.4, 0.5) is 0 Å². The molecule has 0 aromatic heterocycles. The van der Waals surface area contributed by atoms with Gasteiger partial charge in [-0.05, 0) is 19.8 Å². The Kier molecular flexibility index (Phi) is 25.1. The number of carbonyl (C=O) groups is 1. The van der Waals surface area contributed by atoms with Gasteiger partial charge in [0.1, 0.15) is 0 Å². The molecule has 0 aliphatic carbocycles. The number of rotatable bonds is 5. The first kappa shape index (κ1) is 20.5. The molecule has 0 atom stereocenters. The largest absolute Gasteiger partial charge is 0.478 e. The van der Waals surface area contributed by atoms with Crippen LogP contribution < -0.4 is 0 Å². The molecule has 16 heavy (non-hydrogen) atoms. The summed E-state index contributed by atoms with van der Waals surface area (Å²) in [5, 5.41) is 39.3. The lowest BCUT2D eigenvalue weighted by Crippen LogP contribution is -1.92. The van der Waals surface area contributed by atoms with E-state index in [0.29, 0.717) is 0 Å². The lowest BCUT2D eigenvalue weighted by atomic mass is 10.3. The Balaban J connectivity index is -0.000000162. The number of unbranched alkanes of at least 4 members (excludes halogenated alkanes) is 1. The van der Waals surface area contributed by atoms with Crippen LogP contribution in [0.3, 0.4) is 0 Å². The molecule has 0 aliphatic heterocycles. The van der Waals surface area contributed by atoms with Crippen molar-refractivity contribution in [3.63, 3.8) is 0 Å². The third-order valence-corrected chi connectivity index (χ3v) is 1.03. The first-order chi connectivity index (χ1) is 7.47. The number of carboxylic acids is 1. The second-order valence-corrected chi connectivity index (χ2v) is 2.69. The fraction of sp³-hybridized carbons (Fsp3) is 0.700. The summed E-state index contributed by atoms with van der Waals surface area (Å²) in [4.78, 5) is 9.60. The van der Waals surface area contributed by atoms with Crippen LogP contribution in [-0.2, 0) is 4.79 Å². The summed E-state index contributed by atoms with van der Waals surface area (Å²) in [6.45, 7) is 4.74. The summed E-state index contributed by atoms with van der Waals surface area (Å²) in [7, 11) is 0. The minimum atomic E-state index is -0.935. The monoisotopic (exact) mass is 238 g/mol. The second-order valence-electron chi connectivity index (χ2n) is 2.69. The van der Waals surface area contributed by atoms with Crippen molar-refractivity contribution in [3.8, 4) is 0 Å². The molecule has 0 unspecified atom stereocenters. The smallest absolute Gasteiger partial charge is 0.330 e. The van der Waals surface area contributed by atoms with Crippen molar-refractivity contribution in [2.45, 2.75) is 19.8 Å². The van der Waals surface area contributed by atoms with Gasteiger partial charge in [-0.2, -0.15) is 0 Å². The number of carboxylic acid groups (broad SMARTS) is 1. The Morgan fingerprint density at radius 2 is 1.19 bits per heavy atom. The van der Waals surface area contributed by atoms with E-state index in [1.165, 1.54) is 6.92 Å². The van der Waals surface area contributed by atoms with Crippen LogP contribution in [0.2, 0.25) is 0 Å². The van der Waals surface area contributed by atoms with Gasteiger partial charge in [-0.1, -0.05) is 6.58 Å². The molecule has 0 bridgehead atoms. The molecule has 98 valence electrons. The van der Waals surface area contributed by atoms with Gasteiger partial charge in [0.2, 0.25) is 0 Å².